The minimum atomic E-state index is -0.438. The summed E-state index contributed by atoms with van der Waals surface area (Å²) in [5.74, 6) is 0.948. The molecule has 2 rings (SSSR count). The van der Waals surface area contributed by atoms with E-state index in [1.165, 1.54) is 0 Å². The predicted octanol–water partition coefficient (Wildman–Crippen LogP) is 3.38. The molecular weight excluding hydrogens is 286 g/mol. The number of nitrogens with one attached hydrogen (secondary N) is 1. The highest BCUT2D eigenvalue weighted by Crippen LogP contribution is 2.29. The Morgan fingerprint density at radius 1 is 1.00 bits per heavy atom. The van der Waals surface area contributed by atoms with E-state index in [1.54, 1.807) is 0 Å². The van der Waals surface area contributed by atoms with Gasteiger partial charge >= 0.3 is 0 Å². The second-order valence-corrected chi connectivity index (χ2v) is 5.64. The number of hydrogen-bond donors (Lipinski definition) is 2. The summed E-state index contributed by atoms with van der Waals surface area (Å²) < 4.78 is 5.74. The molecule has 1 unspecified atom stereocenters. The third-order valence-electron chi connectivity index (χ3n) is 4.01. The van der Waals surface area contributed by atoms with Gasteiger partial charge in [-0.05, 0) is 37.1 Å². The van der Waals surface area contributed by atoms with Crippen LogP contribution >= 0.6 is 0 Å². The van der Waals surface area contributed by atoms with Crippen molar-refractivity contribution in [3.05, 3.63) is 65.7 Å². The average Bonchev–Trinajstić information content (AvgIpc) is 2.60. The fourth-order valence-electron chi connectivity index (χ4n) is 2.82. The van der Waals surface area contributed by atoms with Crippen molar-refractivity contribution in [2.75, 3.05) is 19.7 Å². The Morgan fingerprint density at radius 2 is 1.70 bits per heavy atom. The molecule has 0 aliphatic rings. The van der Waals surface area contributed by atoms with E-state index in [-0.39, 0.29) is 5.92 Å². The molecule has 2 atom stereocenters. The molecule has 2 aromatic carbocycles. The molecule has 0 fully saturated rings. The van der Waals surface area contributed by atoms with Gasteiger partial charge in [-0.15, -0.1) is 0 Å². The molecule has 0 saturated heterocycles. The van der Waals surface area contributed by atoms with E-state index in [2.05, 4.69) is 30.4 Å². The first-order valence-corrected chi connectivity index (χ1v) is 8.40. The van der Waals surface area contributed by atoms with Gasteiger partial charge in [0.1, 0.15) is 5.75 Å². The number of aliphatic hydroxyl groups is 1. The number of likely N-dealkylation sites (N-methyl/N-ethyl adjacent to an activating group) is 1. The minimum Gasteiger partial charge on any atom is -0.494 e. The van der Waals surface area contributed by atoms with E-state index < -0.39 is 6.10 Å². The van der Waals surface area contributed by atoms with E-state index >= 15 is 0 Å². The Labute approximate surface area is 139 Å². The number of ether oxygens (including phenoxy) is 1. The van der Waals surface area contributed by atoms with Crippen molar-refractivity contribution in [3.63, 3.8) is 0 Å². The van der Waals surface area contributed by atoms with Crippen LogP contribution < -0.4 is 10.1 Å². The summed E-state index contributed by atoms with van der Waals surface area (Å²) in [6.07, 6.45) is 0.319. The third-order valence-corrected chi connectivity index (χ3v) is 4.01. The smallest absolute Gasteiger partial charge is 0.122 e. The van der Waals surface area contributed by atoms with Crippen LogP contribution in [-0.2, 0) is 6.42 Å². The molecule has 0 aliphatic carbocycles. The summed E-state index contributed by atoms with van der Waals surface area (Å²) in [6, 6.07) is 18.3. The first kappa shape index (κ1) is 17.5. The van der Waals surface area contributed by atoms with Gasteiger partial charge < -0.3 is 15.2 Å². The molecule has 3 nitrogen and oxygen atoms in total. The second-order valence-electron chi connectivity index (χ2n) is 5.64. The largest absolute Gasteiger partial charge is 0.494 e. The van der Waals surface area contributed by atoms with Crippen LogP contribution in [0, 0.1) is 0 Å². The highest BCUT2D eigenvalue weighted by molar-refractivity contribution is 5.36. The molecule has 0 spiro atoms. The zero-order valence-corrected chi connectivity index (χ0v) is 14.0. The van der Waals surface area contributed by atoms with Crippen molar-refractivity contribution >= 4 is 0 Å². The molecule has 2 N–H and O–H groups in total. The van der Waals surface area contributed by atoms with Gasteiger partial charge in [-0.3, -0.25) is 0 Å². The van der Waals surface area contributed by atoms with Crippen LogP contribution in [0.2, 0.25) is 0 Å². The molecular formula is C20H27NO2. The number of hydrogen-bond acceptors (Lipinski definition) is 3. The molecule has 0 amide bonds. The van der Waals surface area contributed by atoms with Crippen molar-refractivity contribution in [1.82, 2.24) is 5.32 Å². The van der Waals surface area contributed by atoms with Crippen molar-refractivity contribution in [2.24, 2.45) is 0 Å². The summed E-state index contributed by atoms with van der Waals surface area (Å²) in [4.78, 5) is 0. The molecule has 124 valence electrons. The van der Waals surface area contributed by atoms with Gasteiger partial charge in [0.15, 0.2) is 0 Å². The molecule has 23 heavy (non-hydrogen) atoms. The SMILES string of the molecule is CCNC[C@H](O)C(Cc1ccccc1OCC)c1ccccc1. The zero-order chi connectivity index (χ0) is 16.5. The quantitative estimate of drug-likeness (QED) is 0.746. The van der Waals surface area contributed by atoms with Crippen LogP contribution in [0.4, 0.5) is 0 Å². The number of para-hydroxylation sites is 1. The van der Waals surface area contributed by atoms with Crippen LogP contribution in [0.25, 0.3) is 0 Å². The highest BCUT2D eigenvalue weighted by atomic mass is 16.5. The van der Waals surface area contributed by atoms with Gasteiger partial charge in [0.25, 0.3) is 0 Å². The summed E-state index contributed by atoms with van der Waals surface area (Å²) in [6.45, 7) is 6.13. The second kappa shape index (κ2) is 9.33. The van der Waals surface area contributed by atoms with Gasteiger partial charge in [0.2, 0.25) is 0 Å². The van der Waals surface area contributed by atoms with Gasteiger partial charge in [0.05, 0.1) is 12.7 Å². The fraction of sp³-hybridized carbons (Fsp3) is 0.400. The number of benzene rings is 2. The van der Waals surface area contributed by atoms with Crippen molar-refractivity contribution in [1.29, 1.82) is 0 Å². The molecule has 2 aromatic rings. The lowest BCUT2D eigenvalue weighted by Gasteiger charge is -2.25. The van der Waals surface area contributed by atoms with Gasteiger partial charge in [-0.2, -0.15) is 0 Å². The summed E-state index contributed by atoms with van der Waals surface area (Å²) >= 11 is 0. The Bertz CT molecular complexity index is 571. The van der Waals surface area contributed by atoms with Crippen LogP contribution in [0.15, 0.2) is 54.6 Å². The van der Waals surface area contributed by atoms with Crippen LogP contribution in [0.5, 0.6) is 5.75 Å². The molecule has 0 bridgehead atoms. The maximum absolute atomic E-state index is 10.7. The Balaban J connectivity index is 2.24. The van der Waals surface area contributed by atoms with E-state index in [1.807, 2.05) is 43.3 Å². The summed E-state index contributed by atoms with van der Waals surface area (Å²) in [5.41, 5.74) is 2.29. The summed E-state index contributed by atoms with van der Waals surface area (Å²) in [7, 11) is 0. The average molecular weight is 313 g/mol. The highest BCUT2D eigenvalue weighted by Gasteiger charge is 2.22. The predicted molar refractivity (Wildman–Crippen MR) is 95.0 cm³/mol. The molecule has 3 heteroatoms. The van der Waals surface area contributed by atoms with Crippen LogP contribution in [0.3, 0.4) is 0 Å². The topological polar surface area (TPSA) is 41.5 Å². The lowest BCUT2D eigenvalue weighted by atomic mass is 9.87. The monoisotopic (exact) mass is 313 g/mol. The van der Waals surface area contributed by atoms with Gasteiger partial charge in [-0.25, -0.2) is 0 Å². The first-order chi connectivity index (χ1) is 11.3. The van der Waals surface area contributed by atoms with Crippen LogP contribution in [-0.4, -0.2) is 30.9 Å². The fourth-order valence-corrected chi connectivity index (χ4v) is 2.82. The minimum absolute atomic E-state index is 0.0388. The number of aliphatic hydroxyl groups excluding tert-OH is 1. The Morgan fingerprint density at radius 3 is 2.39 bits per heavy atom. The maximum Gasteiger partial charge on any atom is 0.122 e. The zero-order valence-electron chi connectivity index (χ0n) is 14.0. The van der Waals surface area contributed by atoms with Gasteiger partial charge in [0, 0.05) is 12.5 Å². The van der Waals surface area contributed by atoms with Crippen molar-refractivity contribution in [2.45, 2.75) is 32.3 Å². The maximum atomic E-state index is 10.7. The molecule has 0 saturated carbocycles. The van der Waals surface area contributed by atoms with E-state index in [0.717, 1.165) is 29.8 Å². The van der Waals surface area contributed by atoms with E-state index in [4.69, 9.17) is 4.74 Å². The molecule has 0 aliphatic heterocycles. The van der Waals surface area contributed by atoms with Crippen molar-refractivity contribution < 1.29 is 9.84 Å². The Hall–Kier alpha value is -1.84. The first-order valence-electron chi connectivity index (χ1n) is 8.40. The molecule has 0 aromatic heterocycles. The lowest BCUT2D eigenvalue weighted by Crippen LogP contribution is -2.32. The van der Waals surface area contributed by atoms with Gasteiger partial charge in [-0.1, -0.05) is 55.5 Å². The van der Waals surface area contributed by atoms with Crippen LogP contribution in [0.1, 0.15) is 30.9 Å². The van der Waals surface area contributed by atoms with E-state index in [9.17, 15) is 5.11 Å². The van der Waals surface area contributed by atoms with Crippen molar-refractivity contribution in [3.8, 4) is 5.75 Å². The summed E-state index contributed by atoms with van der Waals surface area (Å²) in [5, 5.41) is 13.9. The molecule has 0 heterocycles. The standard InChI is InChI=1S/C20H27NO2/c1-3-21-15-19(22)18(16-10-6-5-7-11-16)14-17-12-8-9-13-20(17)23-4-2/h5-13,18-19,21-22H,3-4,14-15H2,1-2H3/t18?,19-/m0/s1. The lowest BCUT2D eigenvalue weighted by molar-refractivity contribution is 0.140. The third kappa shape index (κ3) is 5.08. The van der Waals surface area contributed by atoms with E-state index in [0.29, 0.717) is 13.2 Å². The normalized spacial score (nSPS) is 13.5. The Kier molecular flexibility index (Phi) is 7.11. The number of rotatable bonds is 9. The molecule has 0 radical (unpaired) electrons.